The zero-order chi connectivity index (χ0) is 17.4. The first-order valence-electron chi connectivity index (χ1n) is 8.10. The molecule has 3 N–H and O–H groups in total. The number of methoxy groups -OCH3 is 1. The highest BCUT2D eigenvalue weighted by Crippen LogP contribution is 2.38. The molecule has 0 saturated heterocycles. The number of carbonyl (C=O) groups excluding carboxylic acids is 1. The van der Waals surface area contributed by atoms with E-state index >= 15 is 0 Å². The van der Waals surface area contributed by atoms with Crippen LogP contribution in [0.2, 0.25) is 0 Å². The van der Waals surface area contributed by atoms with Crippen molar-refractivity contribution >= 4 is 22.8 Å². The number of carbonyl (C=O) groups is 1. The molecule has 0 unspecified atom stereocenters. The monoisotopic (exact) mass is 334 g/mol. The number of anilines is 1. The maximum absolute atomic E-state index is 11.6. The molecule has 0 bridgehead atoms. The molecule has 6 heteroatoms. The van der Waals surface area contributed by atoms with Crippen molar-refractivity contribution in [1.29, 1.82) is 0 Å². The first-order chi connectivity index (χ1) is 12.1. The predicted molar refractivity (Wildman–Crippen MR) is 96.3 cm³/mol. The number of fused-ring (bicyclic) bond motifs is 1. The molecule has 1 amide bonds. The Morgan fingerprint density at radius 2 is 1.96 bits per heavy atom. The van der Waals surface area contributed by atoms with E-state index in [0.717, 1.165) is 27.8 Å². The van der Waals surface area contributed by atoms with Crippen LogP contribution in [0.25, 0.3) is 22.0 Å². The lowest BCUT2D eigenvalue weighted by Crippen LogP contribution is -2.38. The molecule has 1 aliphatic rings. The highest BCUT2D eigenvalue weighted by molar-refractivity contribution is 5.94. The number of hydrogen-bond acceptors (Lipinski definition) is 5. The van der Waals surface area contributed by atoms with E-state index in [4.69, 9.17) is 10.5 Å². The Morgan fingerprint density at radius 1 is 1.20 bits per heavy atom. The number of hydrogen-bond donors (Lipinski definition) is 2. The number of para-hydroxylation sites is 1. The Balaban J connectivity index is 1.76. The Labute approximate surface area is 145 Å². The lowest BCUT2D eigenvalue weighted by atomic mass is 10.0. The van der Waals surface area contributed by atoms with Gasteiger partial charge >= 0.3 is 0 Å². The molecule has 0 aliphatic heterocycles. The molecule has 1 aromatic heterocycles. The summed E-state index contributed by atoms with van der Waals surface area (Å²) in [6.45, 7) is 0. The average Bonchev–Trinajstić information content (AvgIpc) is 3.42. The van der Waals surface area contributed by atoms with Crippen LogP contribution in [0.15, 0.2) is 48.7 Å². The van der Waals surface area contributed by atoms with E-state index in [1.807, 2.05) is 42.5 Å². The summed E-state index contributed by atoms with van der Waals surface area (Å²) in [5.74, 6) is 0.863. The molecule has 0 radical (unpaired) electrons. The fraction of sp³-hybridized carbons (Fsp3) is 0.211. The Hall–Kier alpha value is -3.15. The van der Waals surface area contributed by atoms with Crippen molar-refractivity contribution in [1.82, 2.24) is 9.97 Å². The van der Waals surface area contributed by atoms with Crippen molar-refractivity contribution in [3.8, 4) is 16.9 Å². The van der Waals surface area contributed by atoms with Gasteiger partial charge in [0.05, 0.1) is 12.6 Å². The predicted octanol–water partition coefficient (Wildman–Crippen LogP) is 2.74. The van der Waals surface area contributed by atoms with Crippen LogP contribution in [0.4, 0.5) is 5.95 Å². The number of aromatic nitrogens is 2. The van der Waals surface area contributed by atoms with Crippen LogP contribution in [0, 0.1) is 0 Å². The van der Waals surface area contributed by atoms with Crippen molar-refractivity contribution in [3.05, 3.63) is 48.7 Å². The van der Waals surface area contributed by atoms with Crippen molar-refractivity contribution in [2.24, 2.45) is 5.73 Å². The lowest BCUT2D eigenvalue weighted by molar-refractivity contribution is -0.119. The van der Waals surface area contributed by atoms with Crippen LogP contribution in [0.3, 0.4) is 0 Å². The van der Waals surface area contributed by atoms with Crippen LogP contribution in [-0.2, 0) is 4.79 Å². The minimum absolute atomic E-state index is 0.361. The fourth-order valence-electron chi connectivity index (χ4n) is 2.89. The molecule has 126 valence electrons. The standard InChI is InChI=1S/C19H18N4O2/c1-25-14-7-5-12(6-8-14)15-4-2-3-13-11-21-18(22-16(13)15)23-19(9-10-19)17(20)24/h2-8,11H,9-10H2,1H3,(H2,20,24)(H,21,22,23). The summed E-state index contributed by atoms with van der Waals surface area (Å²) in [5, 5.41) is 4.03. The van der Waals surface area contributed by atoms with E-state index in [2.05, 4.69) is 15.3 Å². The zero-order valence-electron chi connectivity index (χ0n) is 13.8. The summed E-state index contributed by atoms with van der Waals surface area (Å²) >= 11 is 0. The van der Waals surface area contributed by atoms with Crippen LogP contribution < -0.4 is 15.8 Å². The molecule has 0 spiro atoms. The topological polar surface area (TPSA) is 90.1 Å². The molecule has 4 rings (SSSR count). The Kier molecular flexibility index (Phi) is 3.53. The summed E-state index contributed by atoms with van der Waals surface area (Å²) < 4.78 is 5.22. The smallest absolute Gasteiger partial charge is 0.243 e. The minimum atomic E-state index is -0.692. The van der Waals surface area contributed by atoms with Gasteiger partial charge in [-0.1, -0.05) is 30.3 Å². The minimum Gasteiger partial charge on any atom is -0.497 e. The van der Waals surface area contributed by atoms with Crippen molar-refractivity contribution in [3.63, 3.8) is 0 Å². The van der Waals surface area contributed by atoms with Crippen molar-refractivity contribution < 1.29 is 9.53 Å². The number of nitrogens with zero attached hydrogens (tertiary/aromatic N) is 2. The molecule has 1 aliphatic carbocycles. The van der Waals surface area contributed by atoms with Crippen molar-refractivity contribution in [2.75, 3.05) is 12.4 Å². The van der Waals surface area contributed by atoms with E-state index in [9.17, 15) is 4.79 Å². The second-order valence-corrected chi connectivity index (χ2v) is 6.24. The largest absolute Gasteiger partial charge is 0.497 e. The molecule has 1 saturated carbocycles. The summed E-state index contributed by atoms with van der Waals surface area (Å²) in [6, 6.07) is 13.8. The van der Waals surface area contributed by atoms with Gasteiger partial charge < -0.3 is 15.8 Å². The molecule has 3 aromatic rings. The normalized spacial score (nSPS) is 14.9. The van der Waals surface area contributed by atoms with E-state index < -0.39 is 5.54 Å². The van der Waals surface area contributed by atoms with E-state index in [1.54, 1.807) is 13.3 Å². The zero-order valence-corrected chi connectivity index (χ0v) is 13.8. The van der Waals surface area contributed by atoms with Crippen LogP contribution in [-0.4, -0.2) is 28.5 Å². The maximum Gasteiger partial charge on any atom is 0.243 e. The fourth-order valence-corrected chi connectivity index (χ4v) is 2.89. The molecule has 0 atom stereocenters. The van der Waals surface area contributed by atoms with Gasteiger partial charge in [0.1, 0.15) is 11.3 Å². The summed E-state index contributed by atoms with van der Waals surface area (Å²) in [7, 11) is 1.64. The number of nitrogens with two attached hydrogens (primary N) is 1. The molecule has 2 aromatic carbocycles. The molecule has 6 nitrogen and oxygen atoms in total. The molecule has 25 heavy (non-hydrogen) atoms. The number of amides is 1. The third-order valence-electron chi connectivity index (χ3n) is 4.58. The van der Waals surface area contributed by atoms with Gasteiger partial charge in [-0.3, -0.25) is 4.79 Å². The third-order valence-corrected chi connectivity index (χ3v) is 4.58. The van der Waals surface area contributed by atoms with Gasteiger partial charge in [0.25, 0.3) is 0 Å². The number of benzene rings is 2. The number of ether oxygens (including phenoxy) is 1. The van der Waals surface area contributed by atoms with Crippen LogP contribution in [0.5, 0.6) is 5.75 Å². The maximum atomic E-state index is 11.6. The van der Waals surface area contributed by atoms with Crippen LogP contribution >= 0.6 is 0 Å². The second kappa shape index (κ2) is 5.73. The lowest BCUT2D eigenvalue weighted by Gasteiger charge is -2.14. The highest BCUT2D eigenvalue weighted by atomic mass is 16.5. The molecular formula is C19H18N4O2. The highest BCUT2D eigenvalue weighted by Gasteiger charge is 2.49. The van der Waals surface area contributed by atoms with Gasteiger partial charge in [0.2, 0.25) is 11.9 Å². The average molecular weight is 334 g/mol. The number of primary amides is 1. The Morgan fingerprint density at radius 3 is 2.60 bits per heavy atom. The molecular weight excluding hydrogens is 316 g/mol. The SMILES string of the molecule is COc1ccc(-c2cccc3cnc(NC4(C(N)=O)CC4)nc23)cc1. The first kappa shape index (κ1) is 15.4. The first-order valence-corrected chi connectivity index (χ1v) is 8.10. The summed E-state index contributed by atoms with van der Waals surface area (Å²) in [6.07, 6.45) is 3.18. The van der Waals surface area contributed by atoms with Gasteiger partial charge in [-0.25, -0.2) is 9.97 Å². The van der Waals surface area contributed by atoms with E-state index in [0.29, 0.717) is 18.8 Å². The summed E-state index contributed by atoms with van der Waals surface area (Å²) in [5.41, 5.74) is 7.63. The van der Waals surface area contributed by atoms with Gasteiger partial charge in [-0.05, 0) is 30.5 Å². The van der Waals surface area contributed by atoms with Gasteiger partial charge in [-0.15, -0.1) is 0 Å². The number of rotatable bonds is 5. The van der Waals surface area contributed by atoms with Crippen molar-refractivity contribution in [2.45, 2.75) is 18.4 Å². The molecule has 1 fully saturated rings. The molecule has 1 heterocycles. The van der Waals surface area contributed by atoms with E-state index in [-0.39, 0.29) is 5.91 Å². The van der Waals surface area contributed by atoms with Crippen LogP contribution in [0.1, 0.15) is 12.8 Å². The third kappa shape index (κ3) is 2.76. The van der Waals surface area contributed by atoms with Gasteiger partial charge in [0.15, 0.2) is 0 Å². The number of nitrogens with one attached hydrogen (secondary N) is 1. The second-order valence-electron chi connectivity index (χ2n) is 6.24. The van der Waals surface area contributed by atoms with E-state index in [1.165, 1.54) is 0 Å². The van der Waals surface area contributed by atoms with Gasteiger partial charge in [0, 0.05) is 17.1 Å². The van der Waals surface area contributed by atoms with Gasteiger partial charge in [-0.2, -0.15) is 0 Å². The summed E-state index contributed by atoms with van der Waals surface area (Å²) in [4.78, 5) is 20.6. The quantitative estimate of drug-likeness (QED) is 0.749. The Bertz CT molecular complexity index is 949.